The molecule has 0 atom stereocenters. The van der Waals surface area contributed by atoms with Crippen LogP contribution in [-0.2, 0) is 4.74 Å². The number of nitrogens with zero attached hydrogens (tertiary/aromatic N) is 2. The molecule has 5 heteroatoms. The molecule has 1 fully saturated rings. The molecule has 1 aliphatic rings. The van der Waals surface area contributed by atoms with Crippen LogP contribution in [-0.4, -0.2) is 43.8 Å². The van der Waals surface area contributed by atoms with Gasteiger partial charge in [0.15, 0.2) is 0 Å². The van der Waals surface area contributed by atoms with Crippen LogP contribution in [0.2, 0.25) is 0 Å². The molecule has 1 heterocycles. The van der Waals surface area contributed by atoms with E-state index in [0.717, 1.165) is 31.8 Å². The summed E-state index contributed by atoms with van der Waals surface area (Å²) in [6, 6.07) is 7.43. The van der Waals surface area contributed by atoms with Crippen molar-refractivity contribution >= 4 is 17.4 Å². The van der Waals surface area contributed by atoms with Gasteiger partial charge in [0.05, 0.1) is 6.61 Å². The second-order valence-corrected chi connectivity index (χ2v) is 4.63. The minimum absolute atomic E-state index is 0.0462. The van der Waals surface area contributed by atoms with Gasteiger partial charge in [-0.3, -0.25) is 4.90 Å². The molecule has 0 bridgehead atoms. The van der Waals surface area contributed by atoms with Gasteiger partial charge in [-0.2, -0.15) is 0 Å². The van der Waals surface area contributed by atoms with Crippen LogP contribution < -0.4 is 10.6 Å². The summed E-state index contributed by atoms with van der Waals surface area (Å²) in [5.74, 6) is 0. The minimum Gasteiger partial charge on any atom is -0.399 e. The molecule has 0 saturated carbocycles. The predicted octanol–water partition coefficient (Wildman–Crippen LogP) is 1.94. The van der Waals surface area contributed by atoms with Crippen LogP contribution in [0.3, 0.4) is 0 Å². The summed E-state index contributed by atoms with van der Waals surface area (Å²) in [7, 11) is 0. The monoisotopic (exact) mass is 263 g/mol. The average molecular weight is 263 g/mol. The maximum absolute atomic E-state index is 12.2. The van der Waals surface area contributed by atoms with Gasteiger partial charge in [0.25, 0.3) is 0 Å². The van der Waals surface area contributed by atoms with Crippen LogP contribution >= 0.6 is 0 Å². The van der Waals surface area contributed by atoms with E-state index in [2.05, 4.69) is 6.92 Å². The summed E-state index contributed by atoms with van der Waals surface area (Å²) >= 11 is 0. The summed E-state index contributed by atoms with van der Waals surface area (Å²) in [5, 5.41) is 0. The third-order valence-electron chi connectivity index (χ3n) is 3.15. The van der Waals surface area contributed by atoms with E-state index in [0.29, 0.717) is 18.8 Å². The van der Waals surface area contributed by atoms with Crippen LogP contribution in [0, 0.1) is 0 Å². The van der Waals surface area contributed by atoms with Crippen molar-refractivity contribution in [3.8, 4) is 0 Å². The van der Waals surface area contributed by atoms with Crippen LogP contribution in [0.4, 0.5) is 16.2 Å². The fraction of sp³-hybridized carbons (Fsp3) is 0.500. The van der Waals surface area contributed by atoms with Crippen LogP contribution in [0.1, 0.15) is 13.3 Å². The molecule has 0 radical (unpaired) electrons. The molecular formula is C14H21N3O2. The summed E-state index contributed by atoms with van der Waals surface area (Å²) < 4.78 is 5.42. The Morgan fingerprint density at radius 3 is 2.63 bits per heavy atom. The number of ether oxygens (including phenoxy) is 1. The molecule has 19 heavy (non-hydrogen) atoms. The number of nitrogen functional groups attached to an aromatic ring is 1. The zero-order valence-electron chi connectivity index (χ0n) is 11.3. The topological polar surface area (TPSA) is 58.8 Å². The normalized spacial score (nSPS) is 15.3. The van der Waals surface area contributed by atoms with E-state index in [1.165, 1.54) is 0 Å². The second-order valence-electron chi connectivity index (χ2n) is 4.63. The summed E-state index contributed by atoms with van der Waals surface area (Å²) in [4.78, 5) is 15.8. The van der Waals surface area contributed by atoms with Gasteiger partial charge in [-0.15, -0.1) is 0 Å². The van der Waals surface area contributed by atoms with Crippen molar-refractivity contribution in [1.29, 1.82) is 0 Å². The quantitative estimate of drug-likeness (QED) is 0.630. The summed E-state index contributed by atoms with van der Waals surface area (Å²) in [5.41, 5.74) is 7.26. The SMILES string of the molecule is CCCOCCN1CCN(c2ccc(N)cc2)C1=O. The Balaban J connectivity index is 1.88. The van der Waals surface area contributed by atoms with Gasteiger partial charge in [0.2, 0.25) is 0 Å². The highest BCUT2D eigenvalue weighted by atomic mass is 16.5. The van der Waals surface area contributed by atoms with Crippen molar-refractivity contribution in [2.45, 2.75) is 13.3 Å². The lowest BCUT2D eigenvalue weighted by Gasteiger charge is -2.18. The van der Waals surface area contributed by atoms with Gasteiger partial charge in [-0.05, 0) is 30.7 Å². The predicted molar refractivity (Wildman–Crippen MR) is 76.3 cm³/mol. The number of anilines is 2. The molecule has 1 saturated heterocycles. The van der Waals surface area contributed by atoms with Crippen molar-refractivity contribution in [2.24, 2.45) is 0 Å². The van der Waals surface area contributed by atoms with Gasteiger partial charge in [-0.1, -0.05) is 6.92 Å². The molecule has 104 valence electrons. The molecule has 2 rings (SSSR count). The van der Waals surface area contributed by atoms with E-state index in [4.69, 9.17) is 10.5 Å². The molecule has 1 aromatic carbocycles. The fourth-order valence-electron chi connectivity index (χ4n) is 2.11. The van der Waals surface area contributed by atoms with Crippen molar-refractivity contribution in [3.05, 3.63) is 24.3 Å². The lowest BCUT2D eigenvalue weighted by molar-refractivity contribution is 0.116. The maximum atomic E-state index is 12.2. The molecule has 1 aromatic rings. The number of amides is 2. The van der Waals surface area contributed by atoms with E-state index in [1.54, 1.807) is 4.90 Å². The molecular weight excluding hydrogens is 242 g/mol. The Labute approximate surface area is 113 Å². The zero-order chi connectivity index (χ0) is 13.7. The van der Waals surface area contributed by atoms with Crippen molar-refractivity contribution in [2.75, 3.05) is 43.5 Å². The second kappa shape index (κ2) is 6.43. The fourth-order valence-corrected chi connectivity index (χ4v) is 2.11. The molecule has 2 amide bonds. The van der Waals surface area contributed by atoms with Gasteiger partial charge in [-0.25, -0.2) is 4.79 Å². The van der Waals surface area contributed by atoms with Crippen molar-refractivity contribution in [3.63, 3.8) is 0 Å². The number of nitrogens with two attached hydrogens (primary N) is 1. The Hall–Kier alpha value is -1.75. The Morgan fingerprint density at radius 1 is 1.21 bits per heavy atom. The number of carbonyl (C=O) groups excluding carboxylic acids is 1. The number of hydrogen-bond acceptors (Lipinski definition) is 3. The molecule has 0 spiro atoms. The number of benzene rings is 1. The van der Waals surface area contributed by atoms with Crippen LogP contribution in [0.25, 0.3) is 0 Å². The molecule has 0 aromatic heterocycles. The molecule has 2 N–H and O–H groups in total. The highest BCUT2D eigenvalue weighted by Crippen LogP contribution is 2.21. The lowest BCUT2D eigenvalue weighted by Crippen LogP contribution is -2.34. The van der Waals surface area contributed by atoms with Crippen LogP contribution in [0.5, 0.6) is 0 Å². The first-order valence-electron chi connectivity index (χ1n) is 6.72. The smallest absolute Gasteiger partial charge is 0.324 e. The number of hydrogen-bond donors (Lipinski definition) is 1. The van der Waals surface area contributed by atoms with Crippen molar-refractivity contribution < 1.29 is 9.53 Å². The number of urea groups is 1. The Bertz CT molecular complexity index is 419. The first-order chi connectivity index (χ1) is 9.22. The van der Waals surface area contributed by atoms with E-state index < -0.39 is 0 Å². The van der Waals surface area contributed by atoms with Gasteiger partial charge in [0, 0.05) is 37.6 Å². The lowest BCUT2D eigenvalue weighted by atomic mass is 10.2. The van der Waals surface area contributed by atoms with Gasteiger partial charge in [0.1, 0.15) is 0 Å². The maximum Gasteiger partial charge on any atom is 0.324 e. The summed E-state index contributed by atoms with van der Waals surface area (Å²) in [6.07, 6.45) is 1.01. The molecule has 0 aliphatic carbocycles. The largest absolute Gasteiger partial charge is 0.399 e. The molecule has 0 unspecified atom stereocenters. The minimum atomic E-state index is 0.0462. The number of rotatable bonds is 6. The zero-order valence-corrected chi connectivity index (χ0v) is 11.3. The third-order valence-corrected chi connectivity index (χ3v) is 3.15. The first kappa shape index (κ1) is 13.7. The average Bonchev–Trinajstić information content (AvgIpc) is 2.77. The van der Waals surface area contributed by atoms with Crippen LogP contribution in [0.15, 0.2) is 24.3 Å². The van der Waals surface area contributed by atoms with E-state index >= 15 is 0 Å². The van der Waals surface area contributed by atoms with E-state index in [-0.39, 0.29) is 6.03 Å². The first-order valence-corrected chi connectivity index (χ1v) is 6.72. The van der Waals surface area contributed by atoms with Crippen molar-refractivity contribution in [1.82, 2.24) is 4.90 Å². The van der Waals surface area contributed by atoms with Gasteiger partial charge < -0.3 is 15.4 Å². The standard InChI is InChI=1S/C14H21N3O2/c1-2-10-19-11-9-16-7-8-17(14(16)18)13-5-3-12(15)4-6-13/h3-6H,2,7-11,15H2,1H3. The molecule has 5 nitrogen and oxygen atoms in total. The third kappa shape index (κ3) is 3.38. The van der Waals surface area contributed by atoms with Gasteiger partial charge >= 0.3 is 6.03 Å². The Kier molecular flexibility index (Phi) is 4.63. The summed E-state index contributed by atoms with van der Waals surface area (Å²) in [6.45, 7) is 5.56. The van der Waals surface area contributed by atoms with E-state index in [1.807, 2.05) is 29.2 Å². The number of carbonyl (C=O) groups is 1. The molecule has 1 aliphatic heterocycles. The Morgan fingerprint density at radius 2 is 1.95 bits per heavy atom. The van der Waals surface area contributed by atoms with E-state index in [9.17, 15) is 4.79 Å². The highest BCUT2D eigenvalue weighted by Gasteiger charge is 2.28. The highest BCUT2D eigenvalue weighted by molar-refractivity contribution is 5.94.